The summed E-state index contributed by atoms with van der Waals surface area (Å²) >= 11 is 0. The number of rotatable bonds is 5. The minimum Gasteiger partial charge on any atom is -0.394 e. The molecule has 0 spiro atoms. The van der Waals surface area contributed by atoms with E-state index in [4.69, 9.17) is 0 Å². The summed E-state index contributed by atoms with van der Waals surface area (Å²) in [7, 11) is 0. The Balaban J connectivity index is 2.34. The first kappa shape index (κ1) is 13.5. The number of piperidine rings is 1. The van der Waals surface area contributed by atoms with Crippen molar-refractivity contribution >= 4 is 5.91 Å². The Hall–Kier alpha value is -0.610. The molecule has 94 valence electrons. The molecule has 1 saturated heterocycles. The van der Waals surface area contributed by atoms with Crippen molar-refractivity contribution in [1.82, 2.24) is 10.6 Å². The molecule has 1 heterocycles. The highest BCUT2D eigenvalue weighted by atomic mass is 16.3. The quantitative estimate of drug-likeness (QED) is 0.647. The molecule has 0 radical (unpaired) electrons. The summed E-state index contributed by atoms with van der Waals surface area (Å²) in [5, 5.41) is 15.4. The lowest BCUT2D eigenvalue weighted by atomic mass is 9.93. The maximum atomic E-state index is 11.8. The van der Waals surface area contributed by atoms with E-state index < -0.39 is 5.54 Å². The van der Waals surface area contributed by atoms with Gasteiger partial charge in [-0.15, -0.1) is 0 Å². The van der Waals surface area contributed by atoms with Crippen molar-refractivity contribution < 1.29 is 9.90 Å². The van der Waals surface area contributed by atoms with Crippen LogP contribution in [0.3, 0.4) is 0 Å². The maximum absolute atomic E-state index is 11.8. The molecule has 1 aliphatic heterocycles. The lowest BCUT2D eigenvalue weighted by molar-refractivity contribution is -0.124. The first-order valence-corrected chi connectivity index (χ1v) is 6.22. The van der Waals surface area contributed by atoms with Gasteiger partial charge in [-0.1, -0.05) is 6.92 Å². The average molecular weight is 228 g/mol. The van der Waals surface area contributed by atoms with Crippen molar-refractivity contribution in [1.29, 1.82) is 0 Å². The number of hydrogen-bond acceptors (Lipinski definition) is 3. The molecule has 1 fully saturated rings. The molecule has 1 atom stereocenters. The smallest absolute Gasteiger partial charge is 0.220 e. The zero-order valence-corrected chi connectivity index (χ0v) is 10.4. The third-order valence-electron chi connectivity index (χ3n) is 3.50. The number of nitrogens with one attached hydrogen (secondary N) is 2. The summed E-state index contributed by atoms with van der Waals surface area (Å²) in [6.45, 7) is 5.89. The van der Waals surface area contributed by atoms with Crippen LogP contribution in [0.4, 0.5) is 0 Å². The zero-order valence-electron chi connectivity index (χ0n) is 10.4. The fourth-order valence-electron chi connectivity index (χ4n) is 1.98. The van der Waals surface area contributed by atoms with Gasteiger partial charge < -0.3 is 15.7 Å². The molecule has 1 aliphatic rings. The predicted octanol–water partition coefficient (Wildman–Crippen LogP) is 0.653. The molecule has 4 nitrogen and oxygen atoms in total. The summed E-state index contributed by atoms with van der Waals surface area (Å²) < 4.78 is 0. The second kappa shape index (κ2) is 6.21. The number of carbonyl (C=O) groups excluding carboxylic acids is 1. The van der Waals surface area contributed by atoms with E-state index in [2.05, 4.69) is 10.6 Å². The second-order valence-electron chi connectivity index (χ2n) is 5.02. The lowest BCUT2D eigenvalue weighted by Crippen LogP contribution is -2.49. The fraction of sp³-hybridized carbons (Fsp3) is 0.917. The summed E-state index contributed by atoms with van der Waals surface area (Å²) in [5.74, 6) is 0.575. The van der Waals surface area contributed by atoms with Gasteiger partial charge in [-0.05, 0) is 45.2 Å². The van der Waals surface area contributed by atoms with Crippen LogP contribution >= 0.6 is 0 Å². The monoisotopic (exact) mass is 228 g/mol. The van der Waals surface area contributed by atoms with E-state index in [1.165, 1.54) is 0 Å². The van der Waals surface area contributed by atoms with Crippen LogP contribution < -0.4 is 10.6 Å². The topological polar surface area (TPSA) is 61.4 Å². The van der Waals surface area contributed by atoms with E-state index in [9.17, 15) is 9.90 Å². The third kappa shape index (κ3) is 4.10. The molecule has 3 N–H and O–H groups in total. The molecule has 4 heteroatoms. The van der Waals surface area contributed by atoms with Crippen molar-refractivity contribution in [2.45, 2.75) is 45.1 Å². The van der Waals surface area contributed by atoms with E-state index in [0.717, 1.165) is 32.4 Å². The number of aliphatic hydroxyl groups excluding tert-OH is 1. The molecular weight excluding hydrogens is 204 g/mol. The van der Waals surface area contributed by atoms with E-state index in [0.29, 0.717) is 12.3 Å². The maximum Gasteiger partial charge on any atom is 0.220 e. The third-order valence-corrected chi connectivity index (χ3v) is 3.50. The van der Waals surface area contributed by atoms with Gasteiger partial charge in [0.1, 0.15) is 0 Å². The van der Waals surface area contributed by atoms with Gasteiger partial charge in [-0.25, -0.2) is 0 Å². The fourth-order valence-corrected chi connectivity index (χ4v) is 1.98. The Morgan fingerprint density at radius 2 is 2.12 bits per heavy atom. The molecular formula is C12H24N2O2. The Bertz CT molecular complexity index is 221. The standard InChI is InChI=1S/C12H24N2O2/c1-3-12(2,9-15)14-11(16)8-10-4-6-13-7-5-10/h10,13,15H,3-9H2,1-2H3,(H,14,16). The molecule has 0 aromatic carbocycles. The number of hydrogen-bond donors (Lipinski definition) is 3. The second-order valence-corrected chi connectivity index (χ2v) is 5.02. The first-order valence-electron chi connectivity index (χ1n) is 6.22. The van der Waals surface area contributed by atoms with Gasteiger partial charge in [-0.3, -0.25) is 4.79 Å². The van der Waals surface area contributed by atoms with Gasteiger partial charge in [0.15, 0.2) is 0 Å². The molecule has 0 aromatic rings. The molecule has 0 aliphatic carbocycles. The van der Waals surface area contributed by atoms with E-state index in [1.54, 1.807) is 0 Å². The Morgan fingerprint density at radius 1 is 1.50 bits per heavy atom. The largest absolute Gasteiger partial charge is 0.394 e. The van der Waals surface area contributed by atoms with Gasteiger partial charge in [0, 0.05) is 6.42 Å². The van der Waals surface area contributed by atoms with Crippen molar-refractivity contribution in [3.8, 4) is 0 Å². The molecule has 1 unspecified atom stereocenters. The molecule has 0 aromatic heterocycles. The van der Waals surface area contributed by atoms with E-state index in [-0.39, 0.29) is 12.5 Å². The van der Waals surface area contributed by atoms with Crippen molar-refractivity contribution in [3.63, 3.8) is 0 Å². The highest BCUT2D eigenvalue weighted by molar-refractivity contribution is 5.77. The molecule has 1 rings (SSSR count). The van der Waals surface area contributed by atoms with Gasteiger partial charge >= 0.3 is 0 Å². The molecule has 16 heavy (non-hydrogen) atoms. The Kier molecular flexibility index (Phi) is 5.22. The predicted molar refractivity (Wildman–Crippen MR) is 64.1 cm³/mol. The van der Waals surface area contributed by atoms with Gasteiger partial charge in [0.2, 0.25) is 5.91 Å². The first-order chi connectivity index (χ1) is 7.59. The zero-order chi connectivity index (χ0) is 12.0. The van der Waals surface area contributed by atoms with Crippen LogP contribution in [0.25, 0.3) is 0 Å². The van der Waals surface area contributed by atoms with E-state index in [1.807, 2.05) is 13.8 Å². The van der Waals surface area contributed by atoms with Crippen LogP contribution in [0.1, 0.15) is 39.5 Å². The molecule has 0 bridgehead atoms. The van der Waals surface area contributed by atoms with Crippen LogP contribution in [-0.4, -0.2) is 36.2 Å². The van der Waals surface area contributed by atoms with Crippen LogP contribution in [0.5, 0.6) is 0 Å². The summed E-state index contributed by atoms with van der Waals surface area (Å²) in [6, 6.07) is 0. The van der Waals surface area contributed by atoms with Crippen LogP contribution in [0, 0.1) is 5.92 Å². The van der Waals surface area contributed by atoms with Gasteiger partial charge in [-0.2, -0.15) is 0 Å². The summed E-state index contributed by atoms with van der Waals surface area (Å²) in [5.41, 5.74) is -0.454. The normalized spacial score (nSPS) is 21.4. The number of aliphatic hydroxyl groups is 1. The van der Waals surface area contributed by atoms with Crippen molar-refractivity contribution in [3.05, 3.63) is 0 Å². The highest BCUT2D eigenvalue weighted by Crippen LogP contribution is 2.17. The minimum absolute atomic E-state index is 0.00145. The van der Waals surface area contributed by atoms with Gasteiger partial charge in [0.05, 0.1) is 12.1 Å². The molecule has 0 saturated carbocycles. The average Bonchev–Trinajstić information content (AvgIpc) is 2.30. The highest BCUT2D eigenvalue weighted by Gasteiger charge is 2.25. The van der Waals surface area contributed by atoms with Crippen LogP contribution in [0.15, 0.2) is 0 Å². The summed E-state index contributed by atoms with van der Waals surface area (Å²) in [4.78, 5) is 11.8. The van der Waals surface area contributed by atoms with Crippen molar-refractivity contribution in [2.75, 3.05) is 19.7 Å². The molecule has 1 amide bonds. The minimum atomic E-state index is -0.454. The van der Waals surface area contributed by atoms with Crippen LogP contribution in [-0.2, 0) is 4.79 Å². The van der Waals surface area contributed by atoms with Crippen molar-refractivity contribution in [2.24, 2.45) is 5.92 Å². The number of carbonyl (C=O) groups is 1. The van der Waals surface area contributed by atoms with Crippen LogP contribution in [0.2, 0.25) is 0 Å². The summed E-state index contributed by atoms with van der Waals surface area (Å²) in [6.07, 6.45) is 3.50. The lowest BCUT2D eigenvalue weighted by Gasteiger charge is -2.29. The Labute approximate surface area is 97.8 Å². The van der Waals surface area contributed by atoms with E-state index >= 15 is 0 Å². The SMILES string of the molecule is CCC(C)(CO)NC(=O)CC1CCNCC1. The Morgan fingerprint density at radius 3 is 2.62 bits per heavy atom. The van der Waals surface area contributed by atoms with Gasteiger partial charge in [0.25, 0.3) is 0 Å². The number of amides is 1.